The topological polar surface area (TPSA) is 40.2 Å². The van der Waals surface area contributed by atoms with Gasteiger partial charge in [0.2, 0.25) is 6.79 Å². The Bertz CT molecular complexity index is 966. The van der Waals surface area contributed by atoms with Gasteiger partial charge in [0.15, 0.2) is 23.0 Å². The smallest absolute Gasteiger partial charge is 0.231 e. The third kappa shape index (κ3) is 2.45. The molecule has 0 N–H and O–H groups in total. The average Bonchev–Trinajstić information content (AvgIpc) is 3.18. The molecule has 0 amide bonds. The van der Waals surface area contributed by atoms with Crippen LogP contribution in [0.3, 0.4) is 0 Å². The van der Waals surface area contributed by atoms with Gasteiger partial charge in [0, 0.05) is 23.4 Å². The summed E-state index contributed by atoms with van der Waals surface area (Å²) in [5.41, 5.74) is 6.27. The number of rotatable bonds is 4. The molecule has 0 aliphatic carbocycles. The summed E-state index contributed by atoms with van der Waals surface area (Å²) in [6, 6.07) is 8.70. The number of methoxy groups -OCH3 is 2. The number of nitrogens with zero attached hydrogens (tertiary/aromatic N) is 1. The lowest BCUT2D eigenvalue weighted by Crippen LogP contribution is -2.35. The second-order valence-electron chi connectivity index (χ2n) is 7.44. The van der Waals surface area contributed by atoms with Crippen molar-refractivity contribution in [2.24, 2.45) is 0 Å². The maximum Gasteiger partial charge on any atom is 0.231 e. The Morgan fingerprint density at radius 3 is 2.68 bits per heavy atom. The SMILES string of the molecule is CCC[C@@H]1c2c(ccc(OC)c2OC)C=C2c3cc4c(cc3CCN21)OCO4. The summed E-state index contributed by atoms with van der Waals surface area (Å²) >= 11 is 0. The van der Waals surface area contributed by atoms with E-state index in [0.717, 1.165) is 48.8 Å². The van der Waals surface area contributed by atoms with Crippen molar-refractivity contribution in [2.75, 3.05) is 27.6 Å². The molecule has 0 unspecified atom stereocenters. The molecule has 5 rings (SSSR count). The van der Waals surface area contributed by atoms with Gasteiger partial charge in [0.25, 0.3) is 0 Å². The molecule has 0 fully saturated rings. The zero-order valence-corrected chi connectivity index (χ0v) is 16.6. The normalized spacial score (nSPS) is 18.8. The molecule has 28 heavy (non-hydrogen) atoms. The first-order chi connectivity index (χ1) is 13.7. The Labute approximate surface area is 165 Å². The third-order valence-electron chi connectivity index (χ3n) is 5.99. The van der Waals surface area contributed by atoms with Gasteiger partial charge in [-0.2, -0.15) is 0 Å². The second-order valence-corrected chi connectivity index (χ2v) is 7.44. The first kappa shape index (κ1) is 17.3. The summed E-state index contributed by atoms with van der Waals surface area (Å²) in [4.78, 5) is 2.53. The molecule has 146 valence electrons. The Balaban J connectivity index is 1.71. The van der Waals surface area contributed by atoms with Crippen LogP contribution in [0, 0.1) is 0 Å². The van der Waals surface area contributed by atoms with Crippen molar-refractivity contribution in [1.82, 2.24) is 4.90 Å². The molecule has 0 saturated heterocycles. The lowest BCUT2D eigenvalue weighted by molar-refractivity contribution is 0.174. The fraction of sp³-hybridized carbons (Fsp3) is 0.391. The van der Waals surface area contributed by atoms with E-state index in [9.17, 15) is 0 Å². The van der Waals surface area contributed by atoms with Gasteiger partial charge in [-0.1, -0.05) is 19.4 Å². The van der Waals surface area contributed by atoms with Gasteiger partial charge in [-0.25, -0.2) is 0 Å². The Kier molecular flexibility index (Phi) is 4.11. The van der Waals surface area contributed by atoms with Crippen molar-refractivity contribution >= 4 is 11.8 Å². The molecule has 0 bridgehead atoms. The molecule has 2 aromatic carbocycles. The van der Waals surface area contributed by atoms with Crippen molar-refractivity contribution in [3.05, 3.63) is 46.5 Å². The van der Waals surface area contributed by atoms with Gasteiger partial charge in [-0.05, 0) is 48.2 Å². The van der Waals surface area contributed by atoms with E-state index in [-0.39, 0.29) is 6.04 Å². The zero-order chi connectivity index (χ0) is 19.3. The summed E-state index contributed by atoms with van der Waals surface area (Å²) < 4.78 is 22.6. The van der Waals surface area contributed by atoms with Crippen LogP contribution in [-0.4, -0.2) is 32.5 Å². The molecule has 0 aromatic heterocycles. The maximum absolute atomic E-state index is 5.80. The quantitative estimate of drug-likeness (QED) is 0.774. The summed E-state index contributed by atoms with van der Waals surface area (Å²) in [7, 11) is 3.43. The molecule has 5 heteroatoms. The van der Waals surface area contributed by atoms with Crippen molar-refractivity contribution in [3.8, 4) is 23.0 Å². The summed E-state index contributed by atoms with van der Waals surface area (Å²) in [6.07, 6.45) is 5.44. The van der Waals surface area contributed by atoms with Crippen LogP contribution in [0.15, 0.2) is 24.3 Å². The lowest BCUT2D eigenvalue weighted by atomic mass is 9.84. The van der Waals surface area contributed by atoms with Crippen LogP contribution in [0.5, 0.6) is 23.0 Å². The fourth-order valence-electron chi connectivity index (χ4n) is 4.74. The highest BCUT2D eigenvalue weighted by Gasteiger charge is 2.36. The number of fused-ring (bicyclic) bond motifs is 5. The van der Waals surface area contributed by atoms with Crippen LogP contribution in [0.2, 0.25) is 0 Å². The number of ether oxygens (including phenoxy) is 4. The molecule has 0 saturated carbocycles. The van der Waals surface area contributed by atoms with Gasteiger partial charge in [0.1, 0.15) is 0 Å². The largest absolute Gasteiger partial charge is 0.493 e. The van der Waals surface area contributed by atoms with Crippen LogP contribution >= 0.6 is 0 Å². The highest BCUT2D eigenvalue weighted by molar-refractivity contribution is 5.88. The Morgan fingerprint density at radius 1 is 1.11 bits per heavy atom. The van der Waals surface area contributed by atoms with E-state index in [1.54, 1.807) is 14.2 Å². The Hall–Kier alpha value is -2.82. The minimum atomic E-state index is 0.267. The molecule has 3 heterocycles. The van der Waals surface area contributed by atoms with E-state index >= 15 is 0 Å². The van der Waals surface area contributed by atoms with Gasteiger partial charge in [0.05, 0.1) is 20.3 Å². The summed E-state index contributed by atoms with van der Waals surface area (Å²) in [5, 5.41) is 0. The molecule has 3 aliphatic heterocycles. The maximum atomic E-state index is 5.80. The zero-order valence-electron chi connectivity index (χ0n) is 16.6. The number of hydrogen-bond donors (Lipinski definition) is 0. The molecular weight excluding hydrogens is 354 g/mol. The van der Waals surface area contributed by atoms with Crippen molar-refractivity contribution < 1.29 is 18.9 Å². The second kappa shape index (κ2) is 6.66. The molecule has 1 atom stereocenters. The minimum absolute atomic E-state index is 0.267. The predicted molar refractivity (Wildman–Crippen MR) is 108 cm³/mol. The van der Waals surface area contributed by atoms with Crippen molar-refractivity contribution in [2.45, 2.75) is 32.2 Å². The van der Waals surface area contributed by atoms with Gasteiger partial charge >= 0.3 is 0 Å². The standard InChI is InChI=1S/C23H25NO4/c1-4-5-17-22-15(6-7-19(25-2)23(22)26-3)10-18-16-12-21-20(27-13-28-21)11-14(16)8-9-24(17)18/h6-7,10-12,17H,4-5,8-9,13H2,1-3H3/t17-/m1/s1. The predicted octanol–water partition coefficient (Wildman–Crippen LogP) is 4.64. The molecule has 0 spiro atoms. The number of hydrogen-bond acceptors (Lipinski definition) is 5. The van der Waals surface area contributed by atoms with Gasteiger partial charge in [-0.3, -0.25) is 0 Å². The summed E-state index contributed by atoms with van der Waals surface area (Å²) in [5.74, 6) is 3.34. The average molecular weight is 379 g/mol. The molecule has 3 aliphatic rings. The van der Waals surface area contributed by atoms with Gasteiger partial charge in [-0.15, -0.1) is 0 Å². The van der Waals surface area contributed by atoms with Crippen LogP contribution in [-0.2, 0) is 6.42 Å². The van der Waals surface area contributed by atoms with Crippen LogP contribution in [0.4, 0.5) is 0 Å². The van der Waals surface area contributed by atoms with Crippen LogP contribution in [0.1, 0.15) is 48.1 Å². The van der Waals surface area contributed by atoms with Crippen LogP contribution < -0.4 is 18.9 Å². The van der Waals surface area contributed by atoms with E-state index < -0.39 is 0 Å². The molecule has 0 radical (unpaired) electrons. The first-order valence-corrected chi connectivity index (χ1v) is 9.91. The van der Waals surface area contributed by atoms with Crippen molar-refractivity contribution in [3.63, 3.8) is 0 Å². The van der Waals surface area contributed by atoms with Crippen molar-refractivity contribution in [1.29, 1.82) is 0 Å². The Morgan fingerprint density at radius 2 is 1.93 bits per heavy atom. The van der Waals surface area contributed by atoms with Crippen LogP contribution in [0.25, 0.3) is 11.8 Å². The first-order valence-electron chi connectivity index (χ1n) is 9.91. The minimum Gasteiger partial charge on any atom is -0.493 e. The summed E-state index contributed by atoms with van der Waals surface area (Å²) in [6.45, 7) is 3.52. The molecule has 5 nitrogen and oxygen atoms in total. The van der Waals surface area contributed by atoms with E-state index in [1.807, 2.05) is 6.07 Å². The van der Waals surface area contributed by atoms with E-state index in [0.29, 0.717) is 6.79 Å². The highest BCUT2D eigenvalue weighted by atomic mass is 16.7. The molecule has 2 aromatic rings. The molecular formula is C23H25NO4. The highest BCUT2D eigenvalue weighted by Crippen LogP contribution is 2.50. The monoisotopic (exact) mass is 379 g/mol. The fourth-order valence-corrected chi connectivity index (χ4v) is 4.74. The van der Waals surface area contributed by atoms with E-state index in [4.69, 9.17) is 18.9 Å². The third-order valence-corrected chi connectivity index (χ3v) is 5.99. The lowest BCUT2D eigenvalue weighted by Gasteiger charge is -2.43. The van der Waals surface area contributed by atoms with Gasteiger partial charge < -0.3 is 23.8 Å². The number of benzene rings is 2. The van der Waals surface area contributed by atoms with E-state index in [1.165, 1.54) is 28.0 Å². The van der Waals surface area contributed by atoms with E-state index in [2.05, 4.69) is 36.1 Å².